The Kier molecular flexibility index (Phi) is 4.54. The van der Waals surface area contributed by atoms with Crippen LogP contribution in [0, 0.1) is 0 Å². The first-order valence-electron chi connectivity index (χ1n) is 9.04. The van der Waals surface area contributed by atoms with Crippen molar-refractivity contribution in [2.45, 2.75) is 43.1 Å². The van der Waals surface area contributed by atoms with Crippen LogP contribution >= 0.6 is 11.6 Å². The van der Waals surface area contributed by atoms with Gasteiger partial charge in [-0.05, 0) is 30.9 Å². The van der Waals surface area contributed by atoms with Crippen molar-refractivity contribution in [1.29, 1.82) is 0 Å². The van der Waals surface area contributed by atoms with E-state index in [1.165, 1.54) is 0 Å². The highest BCUT2D eigenvalue weighted by molar-refractivity contribution is 6.32. The Labute approximate surface area is 162 Å². The van der Waals surface area contributed by atoms with E-state index >= 15 is 0 Å². The number of carbonyl (C=O) groups excluding carboxylic acids is 1. The lowest BCUT2D eigenvalue weighted by Gasteiger charge is -2.42. The number of aliphatic imine (C=N–C) groups is 1. The van der Waals surface area contributed by atoms with Gasteiger partial charge in [0.2, 0.25) is 5.78 Å². The molecule has 0 radical (unpaired) electrons. The summed E-state index contributed by atoms with van der Waals surface area (Å²) in [6.45, 7) is 0. The lowest BCUT2D eigenvalue weighted by atomic mass is 9.73. The zero-order chi connectivity index (χ0) is 19.1. The van der Waals surface area contributed by atoms with Gasteiger partial charge in [0.1, 0.15) is 5.72 Å². The van der Waals surface area contributed by atoms with E-state index in [1.807, 2.05) is 24.3 Å². The maximum atomic E-state index is 13.1. The molecule has 140 valence electrons. The first-order chi connectivity index (χ1) is 12.9. The van der Waals surface area contributed by atoms with Gasteiger partial charge in [-0.2, -0.15) is 0 Å². The van der Waals surface area contributed by atoms with Crippen molar-refractivity contribution in [3.8, 4) is 0 Å². The van der Waals surface area contributed by atoms with Gasteiger partial charge >= 0.3 is 0 Å². The fourth-order valence-electron chi connectivity index (χ4n) is 3.96. The molecule has 1 aliphatic carbocycles. The third-order valence-electron chi connectivity index (χ3n) is 5.31. The Morgan fingerprint density at radius 1 is 1.22 bits per heavy atom. The van der Waals surface area contributed by atoms with Gasteiger partial charge in [-0.25, -0.2) is 4.99 Å². The molecule has 2 aromatic carbocycles. The lowest BCUT2D eigenvalue weighted by molar-refractivity contribution is -0.137. The molecule has 2 aromatic rings. The molecule has 3 atom stereocenters. The third kappa shape index (κ3) is 3.16. The minimum Gasteiger partial charge on any atom is -0.470 e. The lowest BCUT2D eigenvalue weighted by Crippen LogP contribution is -2.52. The number of Topliss-reactive ketones (excluding diaryl/α,β-unsaturated/α-hetero) is 1. The minimum atomic E-state index is -1.64. The summed E-state index contributed by atoms with van der Waals surface area (Å²) < 4.78 is 5.83. The second-order valence-electron chi connectivity index (χ2n) is 7.18. The zero-order valence-corrected chi connectivity index (χ0v) is 15.5. The number of nitrogens with zero attached hydrogens (tertiary/aromatic N) is 1. The summed E-state index contributed by atoms with van der Waals surface area (Å²) in [4.78, 5) is 17.8. The largest absolute Gasteiger partial charge is 0.470 e. The van der Waals surface area contributed by atoms with Crippen LogP contribution in [-0.2, 0) is 20.8 Å². The summed E-state index contributed by atoms with van der Waals surface area (Å²) in [7, 11) is 0. The fraction of sp³-hybridized carbons (Fsp3) is 0.333. The molecule has 4 rings (SSSR count). The second-order valence-corrected chi connectivity index (χ2v) is 7.58. The van der Waals surface area contributed by atoms with E-state index in [0.29, 0.717) is 29.0 Å². The van der Waals surface area contributed by atoms with E-state index in [2.05, 4.69) is 4.99 Å². The van der Waals surface area contributed by atoms with Crippen molar-refractivity contribution in [2.75, 3.05) is 0 Å². The van der Waals surface area contributed by atoms with Crippen LogP contribution in [0.4, 0.5) is 0 Å². The number of carbonyl (C=O) groups is 1. The van der Waals surface area contributed by atoms with Crippen molar-refractivity contribution in [1.82, 2.24) is 0 Å². The molecule has 3 N–H and O–H groups in total. The first kappa shape index (κ1) is 18.2. The van der Waals surface area contributed by atoms with E-state index in [1.54, 1.807) is 30.3 Å². The Balaban J connectivity index is 1.75. The smallest absolute Gasteiger partial charge is 0.205 e. The number of nitrogens with two attached hydrogens (primary N) is 1. The van der Waals surface area contributed by atoms with Crippen LogP contribution in [-0.4, -0.2) is 22.9 Å². The molecular formula is C21H21ClN2O3. The molecule has 1 saturated carbocycles. The maximum Gasteiger partial charge on any atom is 0.205 e. The number of halogens is 1. The number of rotatable bonds is 4. The molecule has 27 heavy (non-hydrogen) atoms. The van der Waals surface area contributed by atoms with Gasteiger partial charge < -0.3 is 9.84 Å². The van der Waals surface area contributed by atoms with Crippen molar-refractivity contribution >= 4 is 23.3 Å². The highest BCUT2D eigenvalue weighted by Gasteiger charge is 2.52. The number of hydrogen-bond donors (Lipinski definition) is 2. The topological polar surface area (TPSA) is 84.9 Å². The Bertz CT molecular complexity index is 897. The van der Waals surface area contributed by atoms with Crippen molar-refractivity contribution < 1.29 is 14.6 Å². The van der Waals surface area contributed by atoms with E-state index in [4.69, 9.17) is 22.1 Å². The van der Waals surface area contributed by atoms with Crippen LogP contribution in [0.3, 0.4) is 0 Å². The number of hydrogen-bond acceptors (Lipinski definition) is 5. The summed E-state index contributed by atoms with van der Waals surface area (Å²) in [6, 6.07) is 16.2. The van der Waals surface area contributed by atoms with E-state index in [9.17, 15) is 9.90 Å². The maximum absolute atomic E-state index is 13.1. The summed E-state index contributed by atoms with van der Waals surface area (Å²) in [5.41, 5.74) is 4.68. The number of fused-ring (bicyclic) bond motifs is 2. The second kappa shape index (κ2) is 6.75. The van der Waals surface area contributed by atoms with Gasteiger partial charge in [0, 0.05) is 10.6 Å². The van der Waals surface area contributed by atoms with Gasteiger partial charge in [-0.1, -0.05) is 60.1 Å². The Hall–Kier alpha value is -2.21. The van der Waals surface area contributed by atoms with Crippen LogP contribution in [0.1, 0.15) is 36.8 Å². The van der Waals surface area contributed by atoms with E-state index < -0.39 is 17.4 Å². The van der Waals surface area contributed by atoms with Crippen LogP contribution in [0.5, 0.6) is 0 Å². The first-order valence-corrected chi connectivity index (χ1v) is 9.42. The molecular weight excluding hydrogens is 364 g/mol. The Morgan fingerprint density at radius 2 is 1.93 bits per heavy atom. The molecule has 2 bridgehead atoms. The number of benzene rings is 2. The average Bonchev–Trinajstić information content (AvgIpc) is 2.64. The van der Waals surface area contributed by atoms with Gasteiger partial charge in [0.05, 0.1) is 6.42 Å². The third-order valence-corrected chi connectivity index (χ3v) is 5.64. The molecule has 1 fully saturated rings. The van der Waals surface area contributed by atoms with Crippen molar-refractivity contribution in [3.05, 3.63) is 70.7 Å². The minimum absolute atomic E-state index is 0.0208. The highest BCUT2D eigenvalue weighted by Crippen LogP contribution is 2.45. The van der Waals surface area contributed by atoms with Gasteiger partial charge in [-0.15, -0.1) is 0 Å². The number of ether oxygens (including phenoxy) is 1. The predicted molar refractivity (Wildman–Crippen MR) is 103 cm³/mol. The summed E-state index contributed by atoms with van der Waals surface area (Å²) >= 11 is 6.40. The predicted octanol–water partition coefficient (Wildman–Crippen LogP) is 3.28. The summed E-state index contributed by atoms with van der Waals surface area (Å²) in [5.74, 6) is 0.207. The normalized spacial score (nSPS) is 26.7. The fourth-order valence-corrected chi connectivity index (χ4v) is 4.25. The molecule has 5 nitrogen and oxygen atoms in total. The quantitative estimate of drug-likeness (QED) is 0.792. The SMILES string of the molecule is N[C@](O)(CC1=N[C@@]2(c3ccccc3Cl)CCC[C@@H](O1)C2=O)c1ccccc1. The van der Waals surface area contributed by atoms with Gasteiger partial charge in [0.15, 0.2) is 17.5 Å². The van der Waals surface area contributed by atoms with Crippen LogP contribution in [0.25, 0.3) is 0 Å². The average molecular weight is 385 g/mol. The van der Waals surface area contributed by atoms with Crippen LogP contribution in [0.15, 0.2) is 59.6 Å². The standard InChI is InChI=1S/C21H21ClN2O3/c22-16-10-5-4-9-15(16)20-12-6-11-17(19(20)25)27-18(24-20)13-21(23,26)14-7-2-1-3-8-14/h1-5,7-10,17,26H,6,11-13,23H2/t17-,20-,21+/m1/s1. The van der Waals surface area contributed by atoms with Crippen molar-refractivity contribution in [2.24, 2.45) is 10.7 Å². The summed E-state index contributed by atoms with van der Waals surface area (Å²) in [6.07, 6.45) is 1.39. The van der Waals surface area contributed by atoms with E-state index in [0.717, 1.165) is 6.42 Å². The van der Waals surface area contributed by atoms with Crippen LogP contribution in [0.2, 0.25) is 5.02 Å². The van der Waals surface area contributed by atoms with E-state index in [-0.39, 0.29) is 18.1 Å². The molecule has 0 unspecified atom stereocenters. The van der Waals surface area contributed by atoms with Crippen LogP contribution < -0.4 is 5.73 Å². The highest BCUT2D eigenvalue weighted by atomic mass is 35.5. The zero-order valence-electron chi connectivity index (χ0n) is 14.8. The Morgan fingerprint density at radius 3 is 2.67 bits per heavy atom. The molecule has 6 heteroatoms. The molecule has 0 spiro atoms. The van der Waals surface area contributed by atoms with Gasteiger partial charge in [-0.3, -0.25) is 10.5 Å². The molecule has 1 heterocycles. The molecule has 0 aromatic heterocycles. The molecule has 1 aliphatic heterocycles. The number of ketones is 1. The number of aliphatic hydroxyl groups is 1. The molecule has 0 amide bonds. The summed E-state index contributed by atoms with van der Waals surface area (Å²) in [5, 5.41) is 11.3. The molecule has 2 aliphatic rings. The molecule has 0 saturated heterocycles. The monoisotopic (exact) mass is 384 g/mol. The van der Waals surface area contributed by atoms with Gasteiger partial charge in [0.25, 0.3) is 0 Å². The van der Waals surface area contributed by atoms with Crippen molar-refractivity contribution in [3.63, 3.8) is 0 Å².